The number of aromatic nitrogens is 1. The van der Waals surface area contributed by atoms with Crippen LogP contribution in [0.15, 0.2) is 18.2 Å². The van der Waals surface area contributed by atoms with Gasteiger partial charge in [0.05, 0.1) is 29.5 Å². The maximum absolute atomic E-state index is 14.5. The summed E-state index contributed by atoms with van der Waals surface area (Å²) in [6.07, 6.45) is -7.36. The summed E-state index contributed by atoms with van der Waals surface area (Å²) in [4.78, 5) is 16.6. The topological polar surface area (TPSA) is 86.8 Å². The molecular formula is C17H21ClF3N2O5PS. The van der Waals surface area contributed by atoms with E-state index in [0.29, 0.717) is 15.2 Å². The van der Waals surface area contributed by atoms with Crippen molar-refractivity contribution in [2.45, 2.75) is 51.4 Å². The molecule has 1 unspecified atom stereocenters. The number of hydrogen-bond acceptors (Lipinski definition) is 8. The molecule has 30 heavy (non-hydrogen) atoms. The molecule has 7 nitrogen and oxygen atoms in total. The second-order valence-corrected chi connectivity index (χ2v) is 10.3. The minimum atomic E-state index is -5.44. The lowest BCUT2D eigenvalue weighted by Gasteiger charge is -2.39. The van der Waals surface area contributed by atoms with E-state index >= 15 is 0 Å². The van der Waals surface area contributed by atoms with Crippen LogP contribution in [0.3, 0.4) is 0 Å². The Hall–Kier alpha value is -1.39. The van der Waals surface area contributed by atoms with E-state index in [2.05, 4.69) is 9.72 Å². The molecule has 2 rings (SSSR count). The number of anilines is 1. The number of methoxy groups -OCH3 is 1. The number of fused-ring (bicyclic) bond motifs is 1. The molecule has 1 aromatic heterocycles. The lowest BCUT2D eigenvalue weighted by Crippen LogP contribution is -2.59. The van der Waals surface area contributed by atoms with E-state index in [0.717, 1.165) is 18.4 Å². The number of nitrogens with zero attached hydrogens (tertiary/aromatic N) is 1. The van der Waals surface area contributed by atoms with Gasteiger partial charge < -0.3 is 19.1 Å². The van der Waals surface area contributed by atoms with Gasteiger partial charge in [-0.05, 0) is 45.9 Å². The van der Waals surface area contributed by atoms with Crippen molar-refractivity contribution in [2.24, 2.45) is 0 Å². The van der Waals surface area contributed by atoms with Gasteiger partial charge in [0.1, 0.15) is 0 Å². The largest absolute Gasteiger partial charge is 0.467 e. The Morgan fingerprint density at radius 1 is 1.20 bits per heavy atom. The fourth-order valence-corrected chi connectivity index (χ4v) is 6.18. The molecule has 0 spiro atoms. The van der Waals surface area contributed by atoms with Crippen molar-refractivity contribution in [3.8, 4) is 0 Å². The van der Waals surface area contributed by atoms with Crippen molar-refractivity contribution < 1.29 is 36.3 Å². The summed E-state index contributed by atoms with van der Waals surface area (Å²) in [5.74, 6) is -1.88. The zero-order valence-corrected chi connectivity index (χ0v) is 19.2. The van der Waals surface area contributed by atoms with Crippen molar-refractivity contribution in [1.82, 2.24) is 4.98 Å². The molecule has 0 amide bonds. The van der Waals surface area contributed by atoms with Gasteiger partial charge in [-0.1, -0.05) is 22.9 Å². The van der Waals surface area contributed by atoms with Gasteiger partial charge in [0.2, 0.25) is 0 Å². The van der Waals surface area contributed by atoms with Crippen LogP contribution in [0.5, 0.6) is 0 Å². The highest BCUT2D eigenvalue weighted by Gasteiger charge is 2.75. The van der Waals surface area contributed by atoms with Crippen molar-refractivity contribution in [1.29, 1.82) is 0 Å². The molecule has 0 radical (unpaired) electrons. The third-order valence-electron chi connectivity index (χ3n) is 3.64. The molecule has 2 aromatic rings. The summed E-state index contributed by atoms with van der Waals surface area (Å²) in [5, 5.41) is -1.84. The number of hydrogen-bond donors (Lipinski definition) is 1. The molecule has 13 heteroatoms. The summed E-state index contributed by atoms with van der Waals surface area (Å²) in [6, 6.07) is 4.52. The van der Waals surface area contributed by atoms with E-state index in [1.54, 1.807) is 0 Å². The van der Waals surface area contributed by atoms with E-state index in [-0.39, 0.29) is 5.13 Å². The van der Waals surface area contributed by atoms with Crippen molar-refractivity contribution in [3.63, 3.8) is 0 Å². The lowest BCUT2D eigenvalue weighted by molar-refractivity contribution is -0.186. The Labute approximate surface area is 180 Å². The van der Waals surface area contributed by atoms with Crippen LogP contribution in [0.1, 0.15) is 27.7 Å². The standard InChI is InChI=1S/C17H21ClF3N2O5PS/c1-9(2)27-29(25,28-10(3)4)16(14(24)26-5,17(19,20)21)23-15-22-12-7-6-11(18)8-13(12)30-15/h6-10H,1-5H3,(H,22,23). The Morgan fingerprint density at radius 3 is 2.23 bits per heavy atom. The van der Waals surface area contributed by atoms with Gasteiger partial charge in [0.15, 0.2) is 5.13 Å². The van der Waals surface area contributed by atoms with E-state index in [1.807, 2.05) is 5.32 Å². The van der Waals surface area contributed by atoms with E-state index in [1.165, 1.54) is 45.9 Å². The molecule has 1 atom stereocenters. The van der Waals surface area contributed by atoms with Crippen LogP contribution in [0.2, 0.25) is 5.02 Å². The first-order chi connectivity index (χ1) is 13.8. The van der Waals surface area contributed by atoms with Crippen molar-refractivity contribution >= 4 is 51.9 Å². The highest BCUT2D eigenvalue weighted by atomic mass is 35.5. The first-order valence-electron chi connectivity index (χ1n) is 8.72. The number of benzene rings is 1. The summed E-state index contributed by atoms with van der Waals surface area (Å²) in [6.45, 7) is 5.48. The molecule has 0 aliphatic heterocycles. The van der Waals surface area contributed by atoms with Gasteiger partial charge in [0.25, 0.3) is 0 Å². The second kappa shape index (κ2) is 9.00. The van der Waals surface area contributed by atoms with E-state index in [4.69, 9.17) is 20.6 Å². The first kappa shape index (κ1) is 24.9. The minimum absolute atomic E-state index is 0.331. The average Bonchev–Trinajstić information content (AvgIpc) is 2.97. The minimum Gasteiger partial charge on any atom is -0.467 e. The zero-order valence-electron chi connectivity index (χ0n) is 16.7. The fourth-order valence-electron chi connectivity index (χ4n) is 2.57. The third-order valence-corrected chi connectivity index (χ3v) is 7.58. The van der Waals surface area contributed by atoms with Crippen LogP contribution in [0.4, 0.5) is 18.3 Å². The summed E-state index contributed by atoms with van der Waals surface area (Å²) < 4.78 is 72.2. The van der Waals surface area contributed by atoms with E-state index in [9.17, 15) is 22.5 Å². The number of esters is 1. The third kappa shape index (κ3) is 4.75. The molecule has 0 aliphatic rings. The monoisotopic (exact) mass is 488 g/mol. The summed E-state index contributed by atoms with van der Waals surface area (Å²) in [5.41, 5.74) is 0.331. The van der Waals surface area contributed by atoms with Crippen LogP contribution in [0, 0.1) is 0 Å². The molecule has 0 saturated carbocycles. The van der Waals surface area contributed by atoms with Gasteiger partial charge in [-0.3, -0.25) is 4.57 Å². The van der Waals surface area contributed by atoms with E-state index < -0.39 is 37.2 Å². The maximum Gasteiger partial charge on any atom is 0.434 e. The zero-order chi connectivity index (χ0) is 22.9. The van der Waals surface area contributed by atoms with Gasteiger partial charge in [-0.2, -0.15) is 13.2 Å². The molecule has 1 heterocycles. The molecule has 0 aliphatic carbocycles. The van der Waals surface area contributed by atoms with Gasteiger partial charge in [0, 0.05) is 5.02 Å². The number of halogens is 4. The van der Waals surface area contributed by atoms with Gasteiger partial charge >= 0.3 is 25.0 Å². The molecule has 0 bridgehead atoms. The smallest absolute Gasteiger partial charge is 0.434 e. The number of nitrogens with one attached hydrogen (secondary N) is 1. The molecule has 1 N–H and O–H groups in total. The van der Waals surface area contributed by atoms with Crippen LogP contribution >= 0.6 is 30.5 Å². The Morgan fingerprint density at radius 2 is 1.77 bits per heavy atom. The number of ether oxygens (including phenoxy) is 1. The van der Waals surface area contributed by atoms with Crippen LogP contribution in [0.25, 0.3) is 10.2 Å². The summed E-state index contributed by atoms with van der Waals surface area (Å²) >= 11 is 6.70. The van der Waals surface area contributed by atoms with Crippen molar-refractivity contribution in [3.05, 3.63) is 23.2 Å². The Kier molecular flexibility index (Phi) is 7.46. The number of carbonyl (C=O) groups excluding carboxylic acids is 1. The molecule has 0 fully saturated rings. The second-order valence-electron chi connectivity index (χ2n) is 6.76. The Balaban J connectivity index is 2.75. The number of thiazole rings is 1. The van der Waals surface area contributed by atoms with Crippen LogP contribution < -0.4 is 5.32 Å². The first-order valence-corrected chi connectivity index (χ1v) is 11.5. The number of rotatable bonds is 8. The normalized spacial score (nSPS) is 14.9. The average molecular weight is 489 g/mol. The van der Waals surface area contributed by atoms with Crippen LogP contribution in [-0.4, -0.2) is 41.7 Å². The summed E-state index contributed by atoms with van der Waals surface area (Å²) in [7, 11) is -4.51. The van der Waals surface area contributed by atoms with Gasteiger partial charge in [-0.25, -0.2) is 9.78 Å². The highest BCUT2D eigenvalue weighted by molar-refractivity contribution is 7.57. The predicted octanol–water partition coefficient (Wildman–Crippen LogP) is 5.84. The molecule has 1 aromatic carbocycles. The fraction of sp³-hybridized carbons (Fsp3) is 0.529. The highest BCUT2D eigenvalue weighted by Crippen LogP contribution is 2.67. The molecule has 0 saturated heterocycles. The Bertz CT molecular complexity index is 955. The molecular weight excluding hydrogens is 468 g/mol. The van der Waals surface area contributed by atoms with Gasteiger partial charge in [-0.15, -0.1) is 0 Å². The lowest BCUT2D eigenvalue weighted by atomic mass is 10.3. The SMILES string of the molecule is COC(=O)C(Nc1nc2ccc(Cl)cc2s1)(C(F)(F)F)P(=O)(OC(C)C)OC(C)C. The van der Waals surface area contributed by atoms with Crippen molar-refractivity contribution in [2.75, 3.05) is 12.4 Å². The predicted molar refractivity (Wildman–Crippen MR) is 109 cm³/mol. The van der Waals surface area contributed by atoms with Crippen LogP contribution in [-0.2, 0) is 23.1 Å². The molecule has 168 valence electrons. The number of alkyl halides is 3. The quantitative estimate of drug-likeness (QED) is 0.369. The number of carbonyl (C=O) groups is 1. The maximum atomic E-state index is 14.5.